The van der Waals surface area contributed by atoms with Gasteiger partial charge in [0.2, 0.25) is 5.78 Å². The fourth-order valence-corrected chi connectivity index (χ4v) is 5.98. The second-order valence-electron chi connectivity index (χ2n) is 10.7. The second kappa shape index (κ2) is 10.7. The minimum Gasteiger partial charge on any atom is -0.507 e. The van der Waals surface area contributed by atoms with Crippen LogP contribution < -0.4 is 10.1 Å². The zero-order valence-electron chi connectivity index (χ0n) is 23.3. The van der Waals surface area contributed by atoms with Crippen LogP contribution in [-0.4, -0.2) is 88.2 Å². The number of methoxy groups -OCH3 is 2. The Hall–Kier alpha value is -4.04. The highest BCUT2D eigenvalue weighted by Gasteiger charge is 2.49. The maximum atomic E-state index is 13.7. The molecule has 0 aromatic heterocycles. The number of alkyl carbamates (subject to hydrolysis) is 1. The van der Waals surface area contributed by atoms with E-state index in [2.05, 4.69) is 10.1 Å². The maximum absolute atomic E-state index is 13.7. The third-order valence-electron chi connectivity index (χ3n) is 8.24. The summed E-state index contributed by atoms with van der Waals surface area (Å²) in [5.74, 6) is -3.41. The molecule has 0 bridgehead atoms. The average Bonchev–Trinajstić information content (AvgIpc) is 2.95. The fraction of sp³-hybridized carbons (Fsp3) is 0.448. The predicted molar refractivity (Wildman–Crippen MR) is 142 cm³/mol. The van der Waals surface area contributed by atoms with E-state index in [-0.39, 0.29) is 34.4 Å². The molecule has 224 valence electrons. The number of Topliss-reactive ketones (excluding diaryl/α,β-unsaturated/α-hetero) is 1. The van der Waals surface area contributed by atoms with Gasteiger partial charge in [-0.2, -0.15) is 0 Å². The van der Waals surface area contributed by atoms with E-state index >= 15 is 0 Å². The molecule has 1 amide bonds. The van der Waals surface area contributed by atoms with E-state index < -0.39 is 95.2 Å². The normalized spacial score (nSPS) is 28.3. The topological polar surface area (TPSA) is 198 Å². The molecule has 0 spiro atoms. The molecule has 6 atom stereocenters. The van der Waals surface area contributed by atoms with Crippen molar-refractivity contribution in [1.82, 2.24) is 5.32 Å². The van der Waals surface area contributed by atoms with E-state index in [0.29, 0.717) is 0 Å². The highest BCUT2D eigenvalue weighted by Crippen LogP contribution is 2.52. The van der Waals surface area contributed by atoms with Crippen LogP contribution in [0.15, 0.2) is 18.2 Å². The van der Waals surface area contributed by atoms with Crippen LogP contribution in [0.2, 0.25) is 0 Å². The molecule has 42 heavy (non-hydrogen) atoms. The largest absolute Gasteiger partial charge is 0.507 e. The van der Waals surface area contributed by atoms with Crippen molar-refractivity contribution in [1.29, 1.82) is 0 Å². The number of rotatable bonds is 5. The molecule has 2 aromatic carbocycles. The van der Waals surface area contributed by atoms with Crippen LogP contribution in [0.5, 0.6) is 17.2 Å². The van der Waals surface area contributed by atoms with Crippen LogP contribution in [0, 0.1) is 0 Å². The summed E-state index contributed by atoms with van der Waals surface area (Å²) >= 11 is 0. The van der Waals surface area contributed by atoms with Gasteiger partial charge in [-0.1, -0.05) is 12.1 Å². The van der Waals surface area contributed by atoms with Gasteiger partial charge in [-0.05, 0) is 19.9 Å². The number of aromatic hydroxyl groups is 2. The number of hydrogen-bond donors (Lipinski definition) is 5. The highest BCUT2D eigenvalue weighted by molar-refractivity contribution is 6.31. The number of ether oxygens (including phenoxy) is 4. The zero-order chi connectivity index (χ0) is 30.7. The molecule has 2 aliphatic carbocycles. The molecule has 3 aliphatic rings. The Labute approximate surface area is 240 Å². The molecular weight excluding hydrogens is 554 g/mol. The van der Waals surface area contributed by atoms with Crippen LogP contribution in [0.25, 0.3) is 0 Å². The summed E-state index contributed by atoms with van der Waals surface area (Å²) in [6, 6.07) is 3.52. The van der Waals surface area contributed by atoms with Crippen LogP contribution in [0.4, 0.5) is 4.79 Å². The van der Waals surface area contributed by atoms with Crippen molar-refractivity contribution in [2.24, 2.45) is 0 Å². The SMILES string of the molecule is COC(=O)N[C@H]1C[C@@H](O[C@@H]2C[C@](O)(C(C)=O)Cc3c(O)c4c(c(O)c32)C(=O)c2c(OC)cccc2C4=O)O[C@H](C)[C@@H]1O. The summed E-state index contributed by atoms with van der Waals surface area (Å²) in [5.41, 5.74) is -3.36. The molecule has 0 saturated carbocycles. The van der Waals surface area contributed by atoms with Crippen molar-refractivity contribution >= 4 is 23.4 Å². The number of fused-ring (bicyclic) bond motifs is 3. The molecule has 13 nitrogen and oxygen atoms in total. The summed E-state index contributed by atoms with van der Waals surface area (Å²) in [6.07, 6.45) is -6.19. The number of carbonyl (C=O) groups excluding carboxylic acids is 4. The van der Waals surface area contributed by atoms with Gasteiger partial charge in [0.15, 0.2) is 17.9 Å². The lowest BCUT2D eigenvalue weighted by atomic mass is 9.72. The van der Waals surface area contributed by atoms with Gasteiger partial charge in [0.05, 0.1) is 49.2 Å². The smallest absolute Gasteiger partial charge is 0.407 e. The zero-order valence-corrected chi connectivity index (χ0v) is 23.3. The highest BCUT2D eigenvalue weighted by atomic mass is 16.7. The van der Waals surface area contributed by atoms with Crippen molar-refractivity contribution < 1.29 is 58.6 Å². The Bertz CT molecular complexity index is 1500. The van der Waals surface area contributed by atoms with Crippen LogP contribution in [0.3, 0.4) is 0 Å². The summed E-state index contributed by atoms with van der Waals surface area (Å²) in [7, 11) is 2.49. The van der Waals surface area contributed by atoms with Gasteiger partial charge in [-0.15, -0.1) is 0 Å². The Morgan fingerprint density at radius 2 is 1.76 bits per heavy atom. The van der Waals surface area contributed by atoms with E-state index in [1.165, 1.54) is 25.3 Å². The van der Waals surface area contributed by atoms with Gasteiger partial charge in [0.1, 0.15) is 29.0 Å². The Morgan fingerprint density at radius 1 is 1.07 bits per heavy atom. The molecule has 5 N–H and O–H groups in total. The van der Waals surface area contributed by atoms with E-state index in [1.807, 2.05) is 0 Å². The number of carbonyl (C=O) groups is 4. The monoisotopic (exact) mass is 585 g/mol. The minimum atomic E-state index is -2.07. The van der Waals surface area contributed by atoms with Crippen LogP contribution in [-0.2, 0) is 25.4 Å². The Balaban J connectivity index is 1.62. The number of amides is 1. The number of aliphatic hydroxyl groups excluding tert-OH is 1. The first-order chi connectivity index (χ1) is 19.8. The maximum Gasteiger partial charge on any atom is 0.407 e. The second-order valence-corrected chi connectivity index (χ2v) is 10.7. The minimum absolute atomic E-state index is 0.0424. The van der Waals surface area contributed by atoms with Gasteiger partial charge in [0, 0.05) is 36.0 Å². The molecule has 0 radical (unpaired) electrons. The number of hydrogen-bond acceptors (Lipinski definition) is 12. The number of ketones is 3. The van der Waals surface area contributed by atoms with Crippen molar-refractivity contribution in [3.8, 4) is 17.2 Å². The van der Waals surface area contributed by atoms with E-state index in [0.717, 1.165) is 14.0 Å². The molecule has 1 aliphatic heterocycles. The summed E-state index contributed by atoms with van der Waals surface area (Å²) in [5, 5.41) is 47.3. The van der Waals surface area contributed by atoms with Crippen molar-refractivity contribution in [2.75, 3.05) is 14.2 Å². The van der Waals surface area contributed by atoms with Gasteiger partial charge < -0.3 is 44.7 Å². The van der Waals surface area contributed by atoms with E-state index in [4.69, 9.17) is 14.2 Å². The lowest BCUT2D eigenvalue weighted by Gasteiger charge is -2.42. The predicted octanol–water partition coefficient (Wildman–Crippen LogP) is 1.43. The number of phenolic OH excluding ortho intramolecular Hbond substituents is 2. The Kier molecular flexibility index (Phi) is 7.47. The lowest BCUT2D eigenvalue weighted by Crippen LogP contribution is -2.55. The molecule has 1 heterocycles. The standard InChI is InChI=1S/C29H31NO12/c1-11-23(32)15(30-28(37)40-4)8-18(41-11)42-17-10-29(38,12(2)31)9-14-20(17)27(36)22-21(25(14)34)24(33)13-6-5-7-16(39-3)19(13)26(22)35/h5-7,11,15,17-18,23,32,34,36,38H,8-10H2,1-4H3,(H,30,37)/t11-,15+,17-,18-,23+,29+/m1/s1. The number of nitrogens with one attached hydrogen (secondary N) is 1. The lowest BCUT2D eigenvalue weighted by molar-refractivity contribution is -0.249. The molecule has 2 aromatic rings. The van der Waals surface area contributed by atoms with Crippen molar-refractivity contribution in [2.45, 2.75) is 69.4 Å². The number of aliphatic hydroxyl groups is 2. The van der Waals surface area contributed by atoms with E-state index in [9.17, 15) is 39.6 Å². The molecule has 1 fully saturated rings. The van der Waals surface area contributed by atoms with Crippen molar-refractivity contribution in [3.63, 3.8) is 0 Å². The van der Waals surface area contributed by atoms with Gasteiger partial charge in [0.25, 0.3) is 0 Å². The Morgan fingerprint density at radius 3 is 2.40 bits per heavy atom. The van der Waals surface area contributed by atoms with E-state index in [1.54, 1.807) is 6.92 Å². The van der Waals surface area contributed by atoms with Crippen LogP contribution in [0.1, 0.15) is 75.8 Å². The first-order valence-electron chi connectivity index (χ1n) is 13.3. The summed E-state index contributed by atoms with van der Waals surface area (Å²) in [6.45, 7) is 2.70. The number of phenols is 2. The van der Waals surface area contributed by atoms with Gasteiger partial charge in [-0.25, -0.2) is 4.79 Å². The van der Waals surface area contributed by atoms with Gasteiger partial charge >= 0.3 is 6.09 Å². The first kappa shape index (κ1) is 29.5. The molecule has 5 rings (SSSR count). The van der Waals surface area contributed by atoms with Crippen molar-refractivity contribution in [3.05, 3.63) is 51.6 Å². The summed E-state index contributed by atoms with van der Waals surface area (Å²) in [4.78, 5) is 51.7. The first-order valence-corrected chi connectivity index (χ1v) is 13.3. The molecule has 13 heteroatoms. The summed E-state index contributed by atoms with van der Waals surface area (Å²) < 4.78 is 21.8. The molecule has 1 saturated heterocycles. The van der Waals surface area contributed by atoms with Gasteiger partial charge in [-0.3, -0.25) is 14.4 Å². The molecular formula is C29H31NO12. The third kappa shape index (κ3) is 4.58. The third-order valence-corrected chi connectivity index (χ3v) is 8.24. The molecule has 0 unspecified atom stereocenters. The van der Waals surface area contributed by atoms with Crippen LogP contribution >= 0.6 is 0 Å². The number of benzene rings is 2. The quantitative estimate of drug-likeness (QED) is 0.270. The fourth-order valence-electron chi connectivity index (χ4n) is 5.98. The average molecular weight is 586 g/mol.